The second-order valence-corrected chi connectivity index (χ2v) is 3.92. The van der Waals surface area contributed by atoms with Gasteiger partial charge < -0.3 is 0 Å². The van der Waals surface area contributed by atoms with Gasteiger partial charge in [0, 0.05) is 11.0 Å². The first-order chi connectivity index (χ1) is 3.95. The second kappa shape index (κ2) is 3.70. The van der Waals surface area contributed by atoms with Crippen LogP contribution in [0, 0.1) is 5.75 Å². The lowest BCUT2D eigenvalue weighted by Gasteiger charge is -2.01. The van der Waals surface area contributed by atoms with E-state index in [0.717, 1.165) is 0 Å². The molecule has 0 aliphatic rings. The topological polar surface area (TPSA) is 54.4 Å². The molecule has 0 aliphatic carbocycles. The molecule has 9 heavy (non-hydrogen) atoms. The van der Waals surface area contributed by atoms with Crippen LogP contribution in [0.1, 0.15) is 0 Å². The summed E-state index contributed by atoms with van der Waals surface area (Å²) in [5.41, 5.74) is 0. The van der Waals surface area contributed by atoms with Crippen LogP contribution in [0.25, 0.3) is 0 Å². The first-order valence-electron chi connectivity index (χ1n) is 2.06. The van der Waals surface area contributed by atoms with Gasteiger partial charge in [-0.1, -0.05) is 0 Å². The van der Waals surface area contributed by atoms with Crippen molar-refractivity contribution in [3.8, 4) is 0 Å². The highest BCUT2D eigenvalue weighted by Crippen LogP contribution is 2.04. The monoisotopic (exact) mass is 187 g/mol. The molecule has 0 bridgehead atoms. The van der Waals surface area contributed by atoms with Gasteiger partial charge in [0.1, 0.15) is 0 Å². The smallest absolute Gasteiger partial charge is 0.265 e. The zero-order chi connectivity index (χ0) is 7.49. The molecule has 0 rings (SSSR count). The van der Waals surface area contributed by atoms with Gasteiger partial charge in [-0.25, -0.2) is 0 Å². The molecule has 0 amide bonds. The summed E-state index contributed by atoms with van der Waals surface area (Å²) in [6.07, 6.45) is 0. The molecule has 0 heterocycles. The first-order valence-corrected chi connectivity index (χ1v) is 4.70. The van der Waals surface area contributed by atoms with E-state index in [2.05, 4.69) is 25.3 Å². The molecule has 0 aromatic rings. The lowest BCUT2D eigenvalue weighted by Crippen LogP contribution is -2.13. The van der Waals surface area contributed by atoms with Crippen LogP contribution in [0.3, 0.4) is 0 Å². The van der Waals surface area contributed by atoms with E-state index in [0.29, 0.717) is 0 Å². The van der Waals surface area contributed by atoms with Crippen molar-refractivity contribution in [2.24, 2.45) is 0 Å². The van der Waals surface area contributed by atoms with Crippen molar-refractivity contribution in [1.29, 1.82) is 0 Å². The third kappa shape index (κ3) is 6.50. The van der Waals surface area contributed by atoms with Crippen molar-refractivity contribution >= 4 is 35.4 Å². The van der Waals surface area contributed by atoms with Gasteiger partial charge in [-0.3, -0.25) is 4.55 Å². The fraction of sp³-hybridized carbons (Fsp3) is 0.667. The van der Waals surface area contributed by atoms with Crippen LogP contribution < -0.4 is 0 Å². The molecule has 0 aromatic heterocycles. The summed E-state index contributed by atoms with van der Waals surface area (Å²) in [5.74, 6) is 0.899. The maximum atomic E-state index is 10.1. The third-order valence-corrected chi connectivity index (χ3v) is 2.51. The van der Waals surface area contributed by atoms with Crippen LogP contribution in [-0.2, 0) is 10.1 Å². The van der Waals surface area contributed by atoms with Gasteiger partial charge in [-0.15, -0.1) is 0 Å². The van der Waals surface area contributed by atoms with E-state index in [-0.39, 0.29) is 5.75 Å². The zero-order valence-electron chi connectivity index (χ0n) is 4.43. The van der Waals surface area contributed by atoms with Crippen LogP contribution in [0.4, 0.5) is 0 Å². The fourth-order valence-corrected chi connectivity index (χ4v) is 1.60. The number of thiol groups is 2. The minimum absolute atomic E-state index is 0.389. The fourth-order valence-electron chi connectivity index (χ4n) is 0.259. The third-order valence-electron chi connectivity index (χ3n) is 0.553. The molecule has 0 saturated carbocycles. The van der Waals surface area contributed by atoms with Gasteiger partial charge in [0.15, 0.2) is 0 Å². The van der Waals surface area contributed by atoms with E-state index in [9.17, 15) is 8.42 Å². The Kier molecular flexibility index (Phi) is 3.95. The van der Waals surface area contributed by atoms with Crippen molar-refractivity contribution < 1.29 is 13.0 Å². The predicted molar refractivity (Wildman–Crippen MR) is 42.5 cm³/mol. The molecule has 0 spiro atoms. The molecule has 55 valence electrons. The minimum atomic E-state index is -3.89. The van der Waals surface area contributed by atoms with Gasteiger partial charge in [-0.05, 0) is 0 Å². The molecule has 1 atom stereocenters. The highest BCUT2D eigenvalue weighted by molar-refractivity contribution is 7.89. The molecular weight excluding hydrogens is 180 g/mol. The standard InChI is InChI=1S/C3H7O3S3/c4-9(5,6)2-3(8)1-7/h1,3,7-8H,2H2,(H,4,5,6). The van der Waals surface area contributed by atoms with E-state index in [1.165, 1.54) is 5.75 Å². The largest absolute Gasteiger partial charge is 0.286 e. The minimum Gasteiger partial charge on any atom is -0.286 e. The molecule has 0 saturated heterocycles. The number of hydrogen-bond donors (Lipinski definition) is 3. The van der Waals surface area contributed by atoms with Gasteiger partial charge >= 0.3 is 0 Å². The summed E-state index contributed by atoms with van der Waals surface area (Å²) in [4.78, 5) is 0. The Balaban J connectivity index is 3.75. The average Bonchev–Trinajstić information content (AvgIpc) is 1.62. The average molecular weight is 187 g/mol. The van der Waals surface area contributed by atoms with Gasteiger partial charge in [0.2, 0.25) is 0 Å². The van der Waals surface area contributed by atoms with Crippen molar-refractivity contribution in [2.45, 2.75) is 5.25 Å². The maximum absolute atomic E-state index is 10.1. The Morgan fingerprint density at radius 2 is 2.11 bits per heavy atom. The van der Waals surface area contributed by atoms with Crippen molar-refractivity contribution in [3.05, 3.63) is 5.75 Å². The van der Waals surface area contributed by atoms with E-state index in [1.54, 1.807) is 0 Å². The lowest BCUT2D eigenvalue weighted by atomic mass is 10.6. The molecule has 1 unspecified atom stereocenters. The SMILES string of the molecule is O=S(=O)(O)CC(S)[CH]S. The van der Waals surface area contributed by atoms with Crippen molar-refractivity contribution in [3.63, 3.8) is 0 Å². The summed E-state index contributed by atoms with van der Waals surface area (Å²) in [5, 5.41) is -0.511. The maximum Gasteiger partial charge on any atom is 0.265 e. The number of rotatable bonds is 3. The quantitative estimate of drug-likeness (QED) is 0.439. The van der Waals surface area contributed by atoms with Crippen LogP contribution in [0.15, 0.2) is 0 Å². The molecule has 1 N–H and O–H groups in total. The Morgan fingerprint density at radius 3 is 2.22 bits per heavy atom. The molecule has 0 aromatic carbocycles. The van der Waals surface area contributed by atoms with E-state index in [1.807, 2.05) is 0 Å². The molecule has 0 aliphatic heterocycles. The molecule has 1 radical (unpaired) electrons. The van der Waals surface area contributed by atoms with Crippen molar-refractivity contribution in [2.75, 3.05) is 5.75 Å². The normalized spacial score (nSPS) is 15.4. The van der Waals surface area contributed by atoms with E-state index in [4.69, 9.17) is 4.55 Å². The van der Waals surface area contributed by atoms with Crippen LogP contribution in [0.5, 0.6) is 0 Å². The van der Waals surface area contributed by atoms with Crippen molar-refractivity contribution in [1.82, 2.24) is 0 Å². The van der Waals surface area contributed by atoms with Crippen LogP contribution in [-0.4, -0.2) is 24.0 Å². The Hall–Kier alpha value is 0.610. The first kappa shape index (κ1) is 9.61. The van der Waals surface area contributed by atoms with Gasteiger partial charge in [-0.2, -0.15) is 33.7 Å². The molecular formula is C3H7O3S3. The summed E-state index contributed by atoms with van der Waals surface area (Å²) < 4.78 is 28.3. The Bertz CT molecular complexity index is 161. The summed E-state index contributed by atoms with van der Waals surface area (Å²) >= 11 is 7.40. The molecule has 0 fully saturated rings. The van der Waals surface area contributed by atoms with Crippen LogP contribution in [0.2, 0.25) is 0 Å². The van der Waals surface area contributed by atoms with E-state index >= 15 is 0 Å². The highest BCUT2D eigenvalue weighted by Gasteiger charge is 2.10. The summed E-state index contributed by atoms with van der Waals surface area (Å²) in [6.45, 7) is 0. The molecule has 6 heteroatoms. The Morgan fingerprint density at radius 1 is 1.67 bits per heavy atom. The predicted octanol–water partition coefficient (Wildman–Crippen LogP) is 0.264. The lowest BCUT2D eigenvalue weighted by molar-refractivity contribution is 0.483. The summed E-state index contributed by atoms with van der Waals surface area (Å²) in [6, 6.07) is 0. The van der Waals surface area contributed by atoms with Crippen LogP contribution >= 0.6 is 25.3 Å². The Labute approximate surface area is 65.4 Å². The molecule has 3 nitrogen and oxygen atoms in total. The van der Waals surface area contributed by atoms with Gasteiger partial charge in [0.05, 0.1) is 5.75 Å². The number of hydrogen-bond acceptors (Lipinski definition) is 4. The van der Waals surface area contributed by atoms with E-state index < -0.39 is 15.4 Å². The van der Waals surface area contributed by atoms with Gasteiger partial charge in [0.25, 0.3) is 10.1 Å². The highest BCUT2D eigenvalue weighted by atomic mass is 32.2. The summed E-state index contributed by atoms with van der Waals surface area (Å²) in [7, 11) is -3.89. The second-order valence-electron chi connectivity index (χ2n) is 1.46. The zero-order valence-corrected chi connectivity index (χ0v) is 7.03.